The van der Waals surface area contributed by atoms with Gasteiger partial charge in [0.1, 0.15) is 0 Å². The minimum Gasteiger partial charge on any atom is -0.364 e. The predicted octanol–water partition coefficient (Wildman–Crippen LogP) is -2.19. The Morgan fingerprint density at radius 2 is 1.43 bits per heavy atom. The standard InChI is InChI=1S/C2H7O4P/c3-1(4)2(5,6)7/h1,3-6H,7H2. The molecule has 0 radical (unpaired) electrons. The van der Waals surface area contributed by atoms with E-state index >= 15 is 0 Å². The van der Waals surface area contributed by atoms with E-state index in [1.807, 2.05) is 0 Å². The van der Waals surface area contributed by atoms with E-state index in [1.165, 1.54) is 9.24 Å². The molecule has 0 heterocycles. The first kappa shape index (κ1) is 7.27. The molecule has 4 nitrogen and oxygen atoms in total. The fourth-order valence-electron chi connectivity index (χ4n) is 0. The maximum atomic E-state index is 8.11. The molecular formula is C2H7O4P. The van der Waals surface area contributed by atoms with Crippen LogP contribution in [0.1, 0.15) is 0 Å². The lowest BCUT2D eigenvalue weighted by Gasteiger charge is -2.16. The fourth-order valence-corrected chi connectivity index (χ4v) is 0. The lowest BCUT2D eigenvalue weighted by atomic mass is 10.6. The zero-order valence-corrected chi connectivity index (χ0v) is 4.60. The highest BCUT2D eigenvalue weighted by Gasteiger charge is 2.24. The van der Waals surface area contributed by atoms with Crippen LogP contribution in [0, 0.1) is 0 Å². The van der Waals surface area contributed by atoms with Crippen molar-refractivity contribution in [3.05, 3.63) is 0 Å². The number of hydrogen-bond acceptors (Lipinski definition) is 4. The average Bonchev–Trinajstić information content (AvgIpc) is 1.31. The van der Waals surface area contributed by atoms with Crippen LogP contribution in [0.3, 0.4) is 0 Å². The molecule has 0 saturated heterocycles. The van der Waals surface area contributed by atoms with Gasteiger partial charge in [-0.3, -0.25) is 0 Å². The Kier molecular flexibility index (Phi) is 2.10. The van der Waals surface area contributed by atoms with Crippen molar-refractivity contribution in [3.63, 3.8) is 0 Å². The molecule has 0 aromatic rings. The van der Waals surface area contributed by atoms with Crippen LogP contribution in [-0.2, 0) is 0 Å². The molecule has 5 heteroatoms. The zero-order chi connectivity index (χ0) is 6.08. The minimum absolute atomic E-state index is 1.44. The van der Waals surface area contributed by atoms with Crippen LogP contribution in [0.15, 0.2) is 0 Å². The van der Waals surface area contributed by atoms with Gasteiger partial charge in [-0.15, -0.1) is 0 Å². The third kappa shape index (κ3) is 2.91. The summed E-state index contributed by atoms with van der Waals surface area (Å²) in [7, 11) is 1.44. The van der Waals surface area contributed by atoms with Crippen molar-refractivity contribution in [1.82, 2.24) is 0 Å². The maximum Gasteiger partial charge on any atom is 0.228 e. The summed E-state index contributed by atoms with van der Waals surface area (Å²) in [6, 6.07) is 0. The second-order valence-corrected chi connectivity index (χ2v) is 2.01. The van der Waals surface area contributed by atoms with Gasteiger partial charge in [0.15, 0.2) is 0 Å². The third-order valence-corrected chi connectivity index (χ3v) is 0.678. The summed E-state index contributed by atoms with van der Waals surface area (Å²) in [6.45, 7) is 0. The summed E-state index contributed by atoms with van der Waals surface area (Å²) < 4.78 is 0. The van der Waals surface area contributed by atoms with Crippen LogP contribution < -0.4 is 0 Å². The number of aliphatic hydroxyl groups excluding tert-OH is 1. The van der Waals surface area contributed by atoms with E-state index in [9.17, 15) is 0 Å². The zero-order valence-electron chi connectivity index (χ0n) is 3.44. The lowest BCUT2D eigenvalue weighted by molar-refractivity contribution is -0.233. The second-order valence-electron chi connectivity index (χ2n) is 1.16. The van der Waals surface area contributed by atoms with E-state index in [4.69, 9.17) is 20.4 Å². The lowest BCUT2D eigenvalue weighted by Crippen LogP contribution is -2.34. The van der Waals surface area contributed by atoms with Gasteiger partial charge in [0.05, 0.1) is 0 Å². The van der Waals surface area contributed by atoms with E-state index in [1.54, 1.807) is 0 Å². The largest absolute Gasteiger partial charge is 0.364 e. The van der Waals surface area contributed by atoms with Gasteiger partial charge < -0.3 is 20.4 Å². The predicted molar refractivity (Wildman–Crippen MR) is 25.1 cm³/mol. The van der Waals surface area contributed by atoms with E-state index in [-0.39, 0.29) is 0 Å². The van der Waals surface area contributed by atoms with Crippen molar-refractivity contribution in [1.29, 1.82) is 0 Å². The van der Waals surface area contributed by atoms with E-state index in [0.29, 0.717) is 0 Å². The molecular weight excluding hydrogens is 119 g/mol. The topological polar surface area (TPSA) is 80.9 Å². The summed E-state index contributed by atoms with van der Waals surface area (Å²) in [4.78, 5) is 0. The van der Waals surface area contributed by atoms with Crippen LogP contribution in [0.5, 0.6) is 0 Å². The van der Waals surface area contributed by atoms with Gasteiger partial charge in [-0.05, 0) is 0 Å². The van der Waals surface area contributed by atoms with Crippen LogP contribution in [0.25, 0.3) is 0 Å². The molecule has 0 aromatic carbocycles. The Bertz CT molecular complexity index is 55.2. The Morgan fingerprint density at radius 3 is 1.43 bits per heavy atom. The molecule has 0 fully saturated rings. The molecule has 1 unspecified atom stereocenters. The van der Waals surface area contributed by atoms with Crippen molar-refractivity contribution in [3.8, 4) is 0 Å². The van der Waals surface area contributed by atoms with Gasteiger partial charge in [0, 0.05) is 0 Å². The molecule has 44 valence electrons. The Labute approximate surface area is 42.6 Å². The molecule has 0 rings (SSSR count). The highest BCUT2D eigenvalue weighted by atomic mass is 31.0. The summed E-state index contributed by atoms with van der Waals surface area (Å²) >= 11 is 0. The molecule has 7 heavy (non-hydrogen) atoms. The summed E-state index contributed by atoms with van der Waals surface area (Å²) in [5, 5.41) is 32.1. The normalized spacial score (nSPS) is 12.9. The molecule has 0 aliphatic heterocycles. The first-order valence-electron chi connectivity index (χ1n) is 1.54. The Hall–Kier alpha value is 0.270. The number of hydrogen-bond donors (Lipinski definition) is 4. The molecule has 0 aliphatic carbocycles. The van der Waals surface area contributed by atoms with Gasteiger partial charge in [-0.2, -0.15) is 0 Å². The molecule has 4 N–H and O–H groups in total. The van der Waals surface area contributed by atoms with Crippen LogP contribution in [0.2, 0.25) is 0 Å². The monoisotopic (exact) mass is 126 g/mol. The van der Waals surface area contributed by atoms with Gasteiger partial charge >= 0.3 is 0 Å². The Morgan fingerprint density at radius 1 is 1.29 bits per heavy atom. The highest BCUT2D eigenvalue weighted by Crippen LogP contribution is 2.11. The smallest absolute Gasteiger partial charge is 0.228 e. The molecule has 0 saturated carbocycles. The summed E-state index contributed by atoms with van der Waals surface area (Å²) in [5.41, 5.74) is -2.47. The van der Waals surface area contributed by atoms with Gasteiger partial charge in [0.2, 0.25) is 11.8 Å². The quantitative estimate of drug-likeness (QED) is 0.237. The van der Waals surface area contributed by atoms with Crippen molar-refractivity contribution in [2.24, 2.45) is 0 Å². The van der Waals surface area contributed by atoms with E-state index in [0.717, 1.165) is 0 Å². The third-order valence-electron chi connectivity index (χ3n) is 0.380. The van der Waals surface area contributed by atoms with Gasteiger partial charge in [0.25, 0.3) is 0 Å². The van der Waals surface area contributed by atoms with Gasteiger partial charge in [-0.25, -0.2) is 0 Å². The fraction of sp³-hybridized carbons (Fsp3) is 1.00. The second kappa shape index (κ2) is 2.03. The van der Waals surface area contributed by atoms with Crippen LogP contribution in [0.4, 0.5) is 0 Å². The van der Waals surface area contributed by atoms with Crippen LogP contribution >= 0.6 is 9.24 Å². The summed E-state index contributed by atoms with van der Waals surface area (Å²) in [6.07, 6.45) is -2.13. The SMILES string of the molecule is OC(O)C(O)(O)P. The van der Waals surface area contributed by atoms with Crippen molar-refractivity contribution >= 4 is 9.24 Å². The first-order valence-corrected chi connectivity index (χ1v) is 2.12. The molecule has 0 spiro atoms. The first-order chi connectivity index (χ1) is 2.94. The molecule has 0 amide bonds. The van der Waals surface area contributed by atoms with Crippen LogP contribution in [-0.4, -0.2) is 32.2 Å². The number of rotatable bonds is 1. The molecule has 0 aliphatic rings. The molecule has 0 aromatic heterocycles. The molecule has 1 atom stereocenters. The van der Waals surface area contributed by atoms with E-state index < -0.39 is 11.8 Å². The van der Waals surface area contributed by atoms with Crippen molar-refractivity contribution < 1.29 is 20.4 Å². The van der Waals surface area contributed by atoms with Crippen molar-refractivity contribution in [2.45, 2.75) is 11.8 Å². The minimum atomic E-state index is -2.47. The summed E-state index contributed by atoms with van der Waals surface area (Å²) in [5.74, 6) is 0. The number of aliphatic hydroxyl groups is 4. The maximum absolute atomic E-state index is 8.11. The Balaban J connectivity index is 3.54. The van der Waals surface area contributed by atoms with E-state index in [2.05, 4.69) is 0 Å². The van der Waals surface area contributed by atoms with Gasteiger partial charge in [-0.1, -0.05) is 9.24 Å². The molecule has 0 bridgehead atoms. The van der Waals surface area contributed by atoms with Crippen molar-refractivity contribution in [2.75, 3.05) is 0 Å². The average molecular weight is 126 g/mol. The highest BCUT2D eigenvalue weighted by molar-refractivity contribution is 7.18.